The lowest BCUT2D eigenvalue weighted by molar-refractivity contribution is 0.470. The van der Waals surface area contributed by atoms with Gasteiger partial charge in [-0.1, -0.05) is 6.08 Å². The summed E-state index contributed by atoms with van der Waals surface area (Å²) >= 11 is 0. The van der Waals surface area contributed by atoms with Crippen LogP contribution in [0.4, 0.5) is 0 Å². The van der Waals surface area contributed by atoms with Gasteiger partial charge in [0.1, 0.15) is 4.90 Å². The molecule has 24 heavy (non-hydrogen) atoms. The molecule has 0 radical (unpaired) electrons. The summed E-state index contributed by atoms with van der Waals surface area (Å²) in [7, 11) is 0.123. The number of hydrogen-bond acceptors (Lipinski definition) is 4. The second-order valence-corrected chi connectivity index (χ2v) is 6.68. The number of halogens is 1. The van der Waals surface area contributed by atoms with Crippen molar-refractivity contribution in [3.8, 4) is 0 Å². The Hall–Kier alpha value is -1.20. The second-order valence-electron chi connectivity index (χ2n) is 4.91. The second kappa shape index (κ2) is 12.2. The summed E-state index contributed by atoms with van der Waals surface area (Å²) in [5.41, 5.74) is 0. The van der Waals surface area contributed by atoms with E-state index in [1.54, 1.807) is 13.1 Å². The molecule has 0 amide bonds. The van der Waals surface area contributed by atoms with E-state index in [1.165, 1.54) is 18.5 Å². The van der Waals surface area contributed by atoms with Crippen molar-refractivity contribution < 1.29 is 8.42 Å². The number of hydrogen-bond donors (Lipinski definition) is 2. The third kappa shape index (κ3) is 8.06. The van der Waals surface area contributed by atoms with Gasteiger partial charge in [-0.15, -0.1) is 30.6 Å². The lowest BCUT2D eigenvalue weighted by Gasteiger charge is -2.21. The highest BCUT2D eigenvalue weighted by Gasteiger charge is 2.13. The van der Waals surface area contributed by atoms with Gasteiger partial charge in [0.05, 0.1) is 0 Å². The summed E-state index contributed by atoms with van der Waals surface area (Å²) in [5.74, 6) is 0.731. The van der Waals surface area contributed by atoms with Crippen LogP contribution in [0.25, 0.3) is 0 Å². The Kier molecular flexibility index (Phi) is 11.6. The molecular formula is C15H26IN5O2S. The number of nitrogens with zero attached hydrogens (tertiary/aromatic N) is 3. The quantitative estimate of drug-likeness (QED) is 0.189. The van der Waals surface area contributed by atoms with Crippen LogP contribution < -0.4 is 10.0 Å². The van der Waals surface area contributed by atoms with Gasteiger partial charge in [0.15, 0.2) is 5.96 Å². The van der Waals surface area contributed by atoms with Crippen LogP contribution in [0.3, 0.4) is 0 Å². The largest absolute Gasteiger partial charge is 0.355 e. The van der Waals surface area contributed by atoms with Crippen molar-refractivity contribution in [3.05, 3.63) is 37.2 Å². The van der Waals surface area contributed by atoms with Crippen molar-refractivity contribution in [2.24, 2.45) is 4.99 Å². The zero-order valence-corrected chi connectivity index (χ0v) is 17.3. The van der Waals surface area contributed by atoms with Gasteiger partial charge >= 0.3 is 0 Å². The van der Waals surface area contributed by atoms with Crippen molar-refractivity contribution in [3.63, 3.8) is 0 Å². The number of guanidine groups is 1. The highest BCUT2D eigenvalue weighted by atomic mass is 127. The average Bonchev–Trinajstić information content (AvgIpc) is 2.56. The van der Waals surface area contributed by atoms with E-state index in [9.17, 15) is 8.42 Å². The Morgan fingerprint density at radius 2 is 2.21 bits per heavy atom. The van der Waals surface area contributed by atoms with Gasteiger partial charge in [-0.3, -0.25) is 9.98 Å². The molecule has 2 N–H and O–H groups in total. The molecule has 1 aromatic rings. The zero-order chi connectivity index (χ0) is 17.1. The van der Waals surface area contributed by atoms with Crippen molar-refractivity contribution >= 4 is 40.0 Å². The minimum Gasteiger partial charge on any atom is -0.355 e. The van der Waals surface area contributed by atoms with E-state index in [1.807, 2.05) is 18.0 Å². The minimum absolute atomic E-state index is 0. The fraction of sp³-hybridized carbons (Fsp3) is 0.467. The number of nitrogens with one attached hydrogen (secondary N) is 2. The summed E-state index contributed by atoms with van der Waals surface area (Å²) in [5, 5.41) is 3.13. The Labute approximate surface area is 161 Å². The van der Waals surface area contributed by atoms with E-state index in [0.29, 0.717) is 6.54 Å². The molecule has 0 unspecified atom stereocenters. The molecule has 0 aliphatic heterocycles. The van der Waals surface area contributed by atoms with E-state index >= 15 is 0 Å². The molecule has 0 aliphatic rings. The van der Waals surface area contributed by atoms with E-state index < -0.39 is 10.0 Å². The minimum atomic E-state index is -3.52. The van der Waals surface area contributed by atoms with Crippen LogP contribution in [-0.4, -0.2) is 58.0 Å². The van der Waals surface area contributed by atoms with E-state index in [4.69, 9.17) is 0 Å². The van der Waals surface area contributed by atoms with Crippen LogP contribution in [-0.2, 0) is 10.0 Å². The molecule has 0 fully saturated rings. The maximum absolute atomic E-state index is 12.0. The molecule has 0 aromatic carbocycles. The number of aromatic nitrogens is 1. The normalized spacial score (nSPS) is 11.5. The first-order valence-electron chi connectivity index (χ1n) is 7.43. The Balaban J connectivity index is 0.00000529. The predicted octanol–water partition coefficient (Wildman–Crippen LogP) is 1.45. The van der Waals surface area contributed by atoms with Crippen LogP contribution in [0.5, 0.6) is 0 Å². The first-order valence-corrected chi connectivity index (χ1v) is 8.92. The standard InChI is InChI=1S/C15H25N5O2S.HI/c1-4-5-6-12-20(3)15(16-2)18-10-11-19-23(21,22)14-8-7-9-17-13-14;/h4,7-9,13,19H,1,5-6,10-12H2,2-3H3,(H,16,18);1H. The molecule has 0 aliphatic carbocycles. The summed E-state index contributed by atoms with van der Waals surface area (Å²) in [4.78, 5) is 10.1. The molecule has 1 aromatic heterocycles. The maximum Gasteiger partial charge on any atom is 0.242 e. The maximum atomic E-state index is 12.0. The monoisotopic (exact) mass is 467 g/mol. The van der Waals surface area contributed by atoms with Crippen LogP contribution >= 0.6 is 24.0 Å². The summed E-state index contributed by atoms with van der Waals surface area (Å²) in [6, 6.07) is 3.10. The lowest BCUT2D eigenvalue weighted by atomic mass is 10.3. The van der Waals surface area contributed by atoms with Crippen LogP contribution in [0.15, 0.2) is 47.1 Å². The molecule has 9 heteroatoms. The first kappa shape index (κ1) is 22.8. The smallest absolute Gasteiger partial charge is 0.242 e. The third-order valence-electron chi connectivity index (χ3n) is 3.12. The van der Waals surface area contributed by atoms with Crippen molar-refractivity contribution in [1.82, 2.24) is 19.9 Å². The van der Waals surface area contributed by atoms with Gasteiger partial charge in [0.2, 0.25) is 10.0 Å². The van der Waals surface area contributed by atoms with Crippen LogP contribution in [0.1, 0.15) is 12.8 Å². The highest BCUT2D eigenvalue weighted by Crippen LogP contribution is 2.04. The number of pyridine rings is 1. The fourth-order valence-corrected chi connectivity index (χ4v) is 2.91. The SMILES string of the molecule is C=CCCCN(C)C(=NC)NCCNS(=O)(=O)c1cccnc1.I. The van der Waals surface area contributed by atoms with E-state index in [0.717, 1.165) is 25.3 Å². The van der Waals surface area contributed by atoms with Crippen LogP contribution in [0.2, 0.25) is 0 Å². The van der Waals surface area contributed by atoms with Gasteiger partial charge in [0, 0.05) is 46.1 Å². The van der Waals surface area contributed by atoms with E-state index in [-0.39, 0.29) is 35.4 Å². The van der Waals surface area contributed by atoms with Gasteiger partial charge in [-0.2, -0.15) is 0 Å². The zero-order valence-electron chi connectivity index (χ0n) is 14.1. The topological polar surface area (TPSA) is 86.7 Å². The molecule has 0 spiro atoms. The molecule has 0 saturated heterocycles. The molecular weight excluding hydrogens is 441 g/mol. The van der Waals surface area contributed by atoms with Crippen molar-refractivity contribution in [2.45, 2.75) is 17.7 Å². The summed E-state index contributed by atoms with van der Waals surface area (Å²) in [6.45, 7) is 5.25. The summed E-state index contributed by atoms with van der Waals surface area (Å²) < 4.78 is 26.6. The lowest BCUT2D eigenvalue weighted by Crippen LogP contribution is -2.42. The number of rotatable bonds is 9. The summed E-state index contributed by atoms with van der Waals surface area (Å²) in [6.07, 6.45) is 6.69. The Morgan fingerprint density at radius 1 is 1.46 bits per heavy atom. The molecule has 7 nitrogen and oxygen atoms in total. The Bertz CT molecular complexity index is 608. The molecule has 0 bridgehead atoms. The van der Waals surface area contributed by atoms with Gasteiger partial charge in [-0.05, 0) is 25.0 Å². The van der Waals surface area contributed by atoms with Gasteiger partial charge in [0.25, 0.3) is 0 Å². The van der Waals surface area contributed by atoms with Gasteiger partial charge in [-0.25, -0.2) is 13.1 Å². The van der Waals surface area contributed by atoms with Crippen LogP contribution in [0, 0.1) is 0 Å². The predicted molar refractivity (Wildman–Crippen MR) is 108 cm³/mol. The van der Waals surface area contributed by atoms with Crippen molar-refractivity contribution in [2.75, 3.05) is 33.7 Å². The average molecular weight is 467 g/mol. The van der Waals surface area contributed by atoms with E-state index in [2.05, 4.69) is 26.6 Å². The number of allylic oxidation sites excluding steroid dienone is 1. The van der Waals surface area contributed by atoms with Gasteiger partial charge < -0.3 is 10.2 Å². The number of sulfonamides is 1. The van der Waals surface area contributed by atoms with Crippen molar-refractivity contribution in [1.29, 1.82) is 0 Å². The number of unbranched alkanes of at least 4 members (excludes halogenated alkanes) is 1. The Morgan fingerprint density at radius 3 is 2.79 bits per heavy atom. The molecule has 136 valence electrons. The fourth-order valence-electron chi connectivity index (χ4n) is 1.91. The molecule has 1 heterocycles. The molecule has 0 atom stereocenters. The molecule has 0 saturated carbocycles. The highest BCUT2D eigenvalue weighted by molar-refractivity contribution is 14.0. The third-order valence-corrected chi connectivity index (χ3v) is 4.57. The first-order chi connectivity index (χ1) is 11.0. The number of aliphatic imine (C=N–C) groups is 1. The molecule has 1 rings (SSSR count).